The Morgan fingerprint density at radius 3 is 2.37 bits per heavy atom. The first-order chi connectivity index (χ1) is 13.0. The Hall–Kier alpha value is -0.830. The second kappa shape index (κ2) is 9.58. The molecule has 2 nitrogen and oxygen atoms in total. The Labute approximate surface area is 173 Å². The van der Waals surface area contributed by atoms with Crippen molar-refractivity contribution in [2.24, 2.45) is 23.7 Å². The molecular weight excluding hydrogens is 400 g/mol. The summed E-state index contributed by atoms with van der Waals surface area (Å²) in [5.41, 5.74) is 2.39. The molecule has 150 valence electrons. The van der Waals surface area contributed by atoms with Crippen molar-refractivity contribution in [2.75, 3.05) is 0 Å². The number of alkyl halides is 1. The summed E-state index contributed by atoms with van der Waals surface area (Å²) >= 11 is 3.51. The summed E-state index contributed by atoms with van der Waals surface area (Å²) < 4.78 is 6.27. The molecule has 3 heteroatoms. The highest BCUT2D eigenvalue weighted by atomic mass is 79.9. The maximum Gasteiger partial charge on any atom is 0.313 e. The van der Waals surface area contributed by atoms with Gasteiger partial charge in [-0.3, -0.25) is 4.79 Å². The third-order valence-corrected chi connectivity index (χ3v) is 7.49. The van der Waals surface area contributed by atoms with E-state index in [4.69, 9.17) is 4.74 Å². The standard InChI is InChI=1S/C24H35BrO2/c1-16(2)21-13-8-17(3)14-22(21)27-24(26)23(19-6-4-5-7-19)20-11-9-18(15-25)10-12-20/h9-12,16-17,19,21-23H,4-8,13-15H2,1-3H3/t17-,21+,22-,23+/m1/s1. The Balaban J connectivity index is 1.79. The number of rotatable bonds is 6. The number of hydrogen-bond donors (Lipinski definition) is 0. The zero-order valence-electron chi connectivity index (χ0n) is 17.1. The molecule has 2 aliphatic rings. The van der Waals surface area contributed by atoms with Gasteiger partial charge in [0.25, 0.3) is 0 Å². The number of esters is 1. The van der Waals surface area contributed by atoms with Crippen LogP contribution in [-0.2, 0) is 14.9 Å². The molecule has 1 aromatic carbocycles. The van der Waals surface area contributed by atoms with Gasteiger partial charge in [0.1, 0.15) is 6.10 Å². The molecule has 0 amide bonds. The number of benzene rings is 1. The summed E-state index contributed by atoms with van der Waals surface area (Å²) in [6.07, 6.45) is 8.33. The van der Waals surface area contributed by atoms with E-state index in [2.05, 4.69) is 61.0 Å². The summed E-state index contributed by atoms with van der Waals surface area (Å²) in [4.78, 5) is 13.4. The van der Waals surface area contributed by atoms with Crippen molar-refractivity contribution in [1.82, 2.24) is 0 Å². The van der Waals surface area contributed by atoms with Crippen LogP contribution in [0.2, 0.25) is 0 Å². The van der Waals surface area contributed by atoms with Gasteiger partial charge in [0.05, 0.1) is 5.92 Å². The van der Waals surface area contributed by atoms with Crippen molar-refractivity contribution in [1.29, 1.82) is 0 Å². The average Bonchev–Trinajstić information content (AvgIpc) is 3.16. The SMILES string of the molecule is CC(C)[C@@H]1CC[C@@H](C)C[C@H]1OC(=O)[C@H](c1ccc(CBr)cc1)C1CCCC1. The van der Waals surface area contributed by atoms with Gasteiger partial charge >= 0.3 is 5.97 Å². The van der Waals surface area contributed by atoms with Gasteiger partial charge in [0, 0.05) is 5.33 Å². The summed E-state index contributed by atoms with van der Waals surface area (Å²) in [7, 11) is 0. The smallest absolute Gasteiger partial charge is 0.313 e. The van der Waals surface area contributed by atoms with E-state index < -0.39 is 0 Å². The highest BCUT2D eigenvalue weighted by Crippen LogP contribution is 2.41. The topological polar surface area (TPSA) is 26.3 Å². The molecule has 0 aromatic heterocycles. The van der Waals surface area contributed by atoms with Crippen LogP contribution in [0.15, 0.2) is 24.3 Å². The monoisotopic (exact) mass is 434 g/mol. The Morgan fingerprint density at radius 1 is 1.11 bits per heavy atom. The van der Waals surface area contributed by atoms with Gasteiger partial charge in [-0.05, 0) is 60.5 Å². The molecule has 0 aliphatic heterocycles. The second-order valence-corrected chi connectivity index (χ2v) is 9.76. The van der Waals surface area contributed by atoms with Gasteiger partial charge in [0.2, 0.25) is 0 Å². The van der Waals surface area contributed by atoms with Crippen LogP contribution in [0.1, 0.15) is 82.8 Å². The van der Waals surface area contributed by atoms with Crippen molar-refractivity contribution < 1.29 is 9.53 Å². The number of hydrogen-bond acceptors (Lipinski definition) is 2. The second-order valence-electron chi connectivity index (χ2n) is 9.20. The Morgan fingerprint density at radius 2 is 1.78 bits per heavy atom. The summed E-state index contributed by atoms with van der Waals surface area (Å²) in [6.45, 7) is 6.84. The van der Waals surface area contributed by atoms with E-state index in [1.54, 1.807) is 0 Å². The molecule has 3 rings (SSSR count). The minimum Gasteiger partial charge on any atom is -0.462 e. The van der Waals surface area contributed by atoms with Crippen molar-refractivity contribution in [3.05, 3.63) is 35.4 Å². The molecule has 4 atom stereocenters. The fourth-order valence-corrected chi connectivity index (χ4v) is 5.55. The van der Waals surface area contributed by atoms with Crippen LogP contribution < -0.4 is 0 Å². The van der Waals surface area contributed by atoms with Crippen LogP contribution in [0.4, 0.5) is 0 Å². The number of carbonyl (C=O) groups is 1. The molecule has 0 heterocycles. The number of halogens is 1. The zero-order chi connectivity index (χ0) is 19.4. The highest BCUT2D eigenvalue weighted by molar-refractivity contribution is 9.08. The molecule has 0 bridgehead atoms. The zero-order valence-corrected chi connectivity index (χ0v) is 18.7. The summed E-state index contributed by atoms with van der Waals surface area (Å²) in [6, 6.07) is 8.56. The molecule has 0 N–H and O–H groups in total. The van der Waals surface area contributed by atoms with Crippen molar-refractivity contribution in [2.45, 2.75) is 83.1 Å². The molecule has 0 saturated heterocycles. The quantitative estimate of drug-likeness (QED) is 0.360. The van der Waals surface area contributed by atoms with Gasteiger partial charge in [-0.15, -0.1) is 0 Å². The van der Waals surface area contributed by atoms with Crippen LogP contribution in [0, 0.1) is 23.7 Å². The maximum absolute atomic E-state index is 13.4. The average molecular weight is 435 g/mol. The molecule has 27 heavy (non-hydrogen) atoms. The normalized spacial score (nSPS) is 27.7. The van der Waals surface area contributed by atoms with Gasteiger partial charge in [-0.1, -0.05) is 80.2 Å². The van der Waals surface area contributed by atoms with Crippen LogP contribution in [0.5, 0.6) is 0 Å². The molecule has 1 aromatic rings. The maximum atomic E-state index is 13.4. The molecule has 2 aliphatic carbocycles. The van der Waals surface area contributed by atoms with E-state index in [0.29, 0.717) is 23.7 Å². The Kier molecular flexibility index (Phi) is 7.42. The van der Waals surface area contributed by atoms with E-state index in [1.807, 2.05) is 0 Å². The molecule has 2 saturated carbocycles. The van der Waals surface area contributed by atoms with Crippen molar-refractivity contribution in [3.63, 3.8) is 0 Å². The van der Waals surface area contributed by atoms with E-state index >= 15 is 0 Å². The minimum atomic E-state index is -0.0954. The van der Waals surface area contributed by atoms with E-state index in [9.17, 15) is 4.79 Å². The summed E-state index contributed by atoms with van der Waals surface area (Å²) in [5, 5.41) is 0.849. The first-order valence-corrected chi connectivity index (χ1v) is 12.0. The fraction of sp³-hybridized carbons (Fsp3) is 0.708. The third kappa shape index (κ3) is 5.16. The van der Waals surface area contributed by atoms with Crippen LogP contribution in [0.3, 0.4) is 0 Å². The largest absolute Gasteiger partial charge is 0.462 e. The highest BCUT2D eigenvalue weighted by Gasteiger charge is 2.38. The third-order valence-electron chi connectivity index (χ3n) is 6.85. The lowest BCUT2D eigenvalue weighted by atomic mass is 9.75. The van der Waals surface area contributed by atoms with Crippen molar-refractivity contribution in [3.8, 4) is 0 Å². The first-order valence-electron chi connectivity index (χ1n) is 10.8. The Bertz CT molecular complexity index is 603. The predicted molar refractivity (Wildman–Crippen MR) is 115 cm³/mol. The van der Waals surface area contributed by atoms with Crippen LogP contribution >= 0.6 is 15.9 Å². The van der Waals surface area contributed by atoms with E-state index in [1.165, 1.54) is 31.2 Å². The number of ether oxygens (including phenoxy) is 1. The lowest BCUT2D eigenvalue weighted by Crippen LogP contribution is -2.37. The predicted octanol–water partition coefficient (Wildman–Crippen LogP) is 6.86. The van der Waals surface area contributed by atoms with Gasteiger partial charge in [-0.2, -0.15) is 0 Å². The van der Waals surface area contributed by atoms with E-state index in [-0.39, 0.29) is 18.0 Å². The lowest BCUT2D eigenvalue weighted by molar-refractivity contribution is -0.159. The molecule has 0 radical (unpaired) electrons. The first kappa shape index (κ1) is 20.9. The summed E-state index contributed by atoms with van der Waals surface area (Å²) in [5.74, 6) is 2.09. The lowest BCUT2D eigenvalue weighted by Gasteiger charge is -2.37. The van der Waals surface area contributed by atoms with Gasteiger partial charge < -0.3 is 4.74 Å². The molecule has 0 spiro atoms. The number of carbonyl (C=O) groups excluding carboxylic acids is 1. The fourth-order valence-electron chi connectivity index (χ4n) is 5.18. The van der Waals surface area contributed by atoms with Gasteiger partial charge in [0.15, 0.2) is 0 Å². The van der Waals surface area contributed by atoms with Crippen LogP contribution in [-0.4, -0.2) is 12.1 Å². The van der Waals surface area contributed by atoms with Gasteiger partial charge in [-0.25, -0.2) is 0 Å². The minimum absolute atomic E-state index is 0.0262. The molecular formula is C24H35BrO2. The van der Waals surface area contributed by atoms with Crippen molar-refractivity contribution >= 4 is 21.9 Å². The van der Waals surface area contributed by atoms with Crippen LogP contribution in [0.25, 0.3) is 0 Å². The molecule has 2 fully saturated rings. The molecule has 0 unspecified atom stereocenters. The van der Waals surface area contributed by atoms with E-state index in [0.717, 1.165) is 30.2 Å².